The number of nitrogens with one attached hydrogen (secondary N) is 1. The van der Waals surface area contributed by atoms with Crippen LogP contribution in [0.25, 0.3) is 0 Å². The SMILES string of the molecule is CC(C)(CNC(=O)CN)c1cccc(C(F)(F)F)c1.Cl. The second kappa shape index (κ2) is 6.95. The van der Waals surface area contributed by atoms with E-state index in [1.54, 1.807) is 19.9 Å². The van der Waals surface area contributed by atoms with Gasteiger partial charge < -0.3 is 11.1 Å². The summed E-state index contributed by atoms with van der Waals surface area (Å²) in [6, 6.07) is 5.11. The minimum absolute atomic E-state index is 0. The molecule has 7 heteroatoms. The lowest BCUT2D eigenvalue weighted by molar-refractivity contribution is -0.137. The van der Waals surface area contributed by atoms with Crippen molar-refractivity contribution in [2.45, 2.75) is 25.4 Å². The number of nitrogens with two attached hydrogens (primary N) is 1. The molecule has 0 unspecified atom stereocenters. The van der Waals surface area contributed by atoms with Crippen LogP contribution in [-0.2, 0) is 16.4 Å². The van der Waals surface area contributed by atoms with E-state index in [0.29, 0.717) is 5.56 Å². The lowest BCUT2D eigenvalue weighted by Crippen LogP contribution is -2.39. The highest BCUT2D eigenvalue weighted by molar-refractivity contribution is 5.85. The highest BCUT2D eigenvalue weighted by Crippen LogP contribution is 2.32. The van der Waals surface area contributed by atoms with E-state index in [9.17, 15) is 18.0 Å². The Balaban J connectivity index is 0.00000361. The Labute approximate surface area is 122 Å². The maximum absolute atomic E-state index is 12.6. The molecule has 1 amide bonds. The average Bonchev–Trinajstić information content (AvgIpc) is 2.35. The maximum atomic E-state index is 12.6. The predicted octanol–water partition coefficient (Wildman–Crippen LogP) is 2.48. The smallest absolute Gasteiger partial charge is 0.354 e. The van der Waals surface area contributed by atoms with Crippen molar-refractivity contribution in [1.82, 2.24) is 5.32 Å². The molecule has 0 aliphatic heterocycles. The summed E-state index contributed by atoms with van der Waals surface area (Å²) in [5.41, 5.74) is 4.38. The van der Waals surface area contributed by atoms with Crippen molar-refractivity contribution < 1.29 is 18.0 Å². The van der Waals surface area contributed by atoms with Gasteiger partial charge in [-0.2, -0.15) is 13.2 Å². The van der Waals surface area contributed by atoms with Gasteiger partial charge in [-0.1, -0.05) is 32.0 Å². The Morgan fingerprint density at radius 3 is 2.30 bits per heavy atom. The van der Waals surface area contributed by atoms with E-state index in [4.69, 9.17) is 5.73 Å². The van der Waals surface area contributed by atoms with Crippen LogP contribution in [0, 0.1) is 0 Å². The van der Waals surface area contributed by atoms with Crippen LogP contribution in [0.15, 0.2) is 24.3 Å². The van der Waals surface area contributed by atoms with E-state index in [2.05, 4.69) is 5.32 Å². The molecule has 3 nitrogen and oxygen atoms in total. The minimum atomic E-state index is -4.37. The van der Waals surface area contributed by atoms with E-state index in [1.807, 2.05) is 0 Å². The van der Waals surface area contributed by atoms with E-state index in [-0.39, 0.29) is 31.4 Å². The Morgan fingerprint density at radius 2 is 1.80 bits per heavy atom. The highest BCUT2D eigenvalue weighted by atomic mass is 35.5. The molecule has 0 bridgehead atoms. The van der Waals surface area contributed by atoms with Crippen LogP contribution in [0.4, 0.5) is 13.2 Å². The minimum Gasteiger partial charge on any atom is -0.354 e. The molecule has 0 heterocycles. The van der Waals surface area contributed by atoms with Crippen LogP contribution in [-0.4, -0.2) is 19.0 Å². The van der Waals surface area contributed by atoms with Crippen LogP contribution in [0.1, 0.15) is 25.0 Å². The molecule has 0 radical (unpaired) electrons. The number of halogens is 4. The third kappa shape index (κ3) is 5.02. The first-order valence-corrected chi connectivity index (χ1v) is 5.81. The van der Waals surface area contributed by atoms with Crippen LogP contribution in [0.5, 0.6) is 0 Å². The molecule has 3 N–H and O–H groups in total. The van der Waals surface area contributed by atoms with Gasteiger partial charge in [0, 0.05) is 12.0 Å². The molecule has 0 aromatic heterocycles. The fourth-order valence-electron chi connectivity index (χ4n) is 1.61. The number of hydrogen-bond donors (Lipinski definition) is 2. The van der Waals surface area contributed by atoms with Gasteiger partial charge in [0.1, 0.15) is 0 Å². The van der Waals surface area contributed by atoms with Gasteiger partial charge in [-0.05, 0) is 11.6 Å². The molecule has 0 atom stereocenters. The summed E-state index contributed by atoms with van der Waals surface area (Å²) in [4.78, 5) is 11.1. The molecule has 1 aromatic rings. The standard InChI is InChI=1S/C13H17F3N2O.ClH/c1-12(2,8-18-11(19)7-17)9-4-3-5-10(6-9)13(14,15)16;/h3-6H,7-8,17H2,1-2H3,(H,18,19);1H. The summed E-state index contributed by atoms with van der Waals surface area (Å²) in [7, 11) is 0. The molecule has 20 heavy (non-hydrogen) atoms. The van der Waals surface area contributed by atoms with E-state index >= 15 is 0 Å². The highest BCUT2D eigenvalue weighted by Gasteiger charge is 2.32. The van der Waals surface area contributed by atoms with Crippen molar-refractivity contribution >= 4 is 18.3 Å². The molecular formula is C13H18ClF3N2O. The Hall–Kier alpha value is -1.27. The number of carbonyl (C=O) groups is 1. The zero-order valence-corrected chi connectivity index (χ0v) is 12.1. The van der Waals surface area contributed by atoms with E-state index < -0.39 is 17.2 Å². The quantitative estimate of drug-likeness (QED) is 0.897. The van der Waals surface area contributed by atoms with Gasteiger partial charge in [-0.3, -0.25) is 4.79 Å². The van der Waals surface area contributed by atoms with Crippen molar-refractivity contribution in [3.8, 4) is 0 Å². The van der Waals surface area contributed by atoms with E-state index in [1.165, 1.54) is 6.07 Å². The molecule has 0 aliphatic rings. The fourth-order valence-corrected chi connectivity index (χ4v) is 1.61. The number of hydrogen-bond acceptors (Lipinski definition) is 2. The average molecular weight is 311 g/mol. The Bertz CT molecular complexity index is 461. The summed E-state index contributed by atoms with van der Waals surface area (Å²) in [6.45, 7) is 3.61. The number of alkyl halides is 3. The fraction of sp³-hybridized carbons (Fsp3) is 0.462. The Morgan fingerprint density at radius 1 is 1.25 bits per heavy atom. The van der Waals surface area contributed by atoms with Gasteiger partial charge in [0.2, 0.25) is 5.91 Å². The maximum Gasteiger partial charge on any atom is 0.416 e. The third-order valence-corrected chi connectivity index (χ3v) is 2.88. The topological polar surface area (TPSA) is 55.1 Å². The van der Waals surface area contributed by atoms with Gasteiger partial charge in [-0.15, -0.1) is 12.4 Å². The van der Waals surface area contributed by atoms with Crippen molar-refractivity contribution in [2.24, 2.45) is 5.73 Å². The van der Waals surface area contributed by atoms with Crippen molar-refractivity contribution in [1.29, 1.82) is 0 Å². The zero-order valence-electron chi connectivity index (χ0n) is 11.3. The van der Waals surface area contributed by atoms with Gasteiger partial charge in [0.15, 0.2) is 0 Å². The Kier molecular flexibility index (Phi) is 6.50. The largest absolute Gasteiger partial charge is 0.416 e. The summed E-state index contributed by atoms with van der Waals surface area (Å²) in [5, 5.41) is 2.58. The molecular weight excluding hydrogens is 293 g/mol. The molecule has 0 aliphatic carbocycles. The monoisotopic (exact) mass is 310 g/mol. The van der Waals surface area contributed by atoms with Crippen molar-refractivity contribution in [3.63, 3.8) is 0 Å². The summed E-state index contributed by atoms with van der Waals surface area (Å²) in [5.74, 6) is -0.333. The normalized spacial score (nSPS) is 11.7. The summed E-state index contributed by atoms with van der Waals surface area (Å²) in [6.07, 6.45) is -4.37. The first-order chi connectivity index (χ1) is 8.66. The molecule has 1 rings (SSSR count). The second-order valence-electron chi connectivity index (χ2n) is 4.94. The van der Waals surface area contributed by atoms with Gasteiger partial charge in [0.05, 0.1) is 12.1 Å². The first kappa shape index (κ1) is 18.7. The van der Waals surface area contributed by atoms with Crippen LogP contribution in [0.2, 0.25) is 0 Å². The first-order valence-electron chi connectivity index (χ1n) is 5.81. The van der Waals surface area contributed by atoms with Crippen LogP contribution in [0.3, 0.4) is 0 Å². The lowest BCUT2D eigenvalue weighted by Gasteiger charge is -2.26. The number of rotatable bonds is 4. The third-order valence-electron chi connectivity index (χ3n) is 2.88. The molecule has 1 aromatic carbocycles. The molecule has 0 saturated carbocycles. The van der Waals surface area contributed by atoms with Gasteiger partial charge in [-0.25, -0.2) is 0 Å². The number of carbonyl (C=O) groups excluding carboxylic acids is 1. The molecule has 0 spiro atoms. The molecule has 0 fully saturated rings. The number of benzene rings is 1. The lowest BCUT2D eigenvalue weighted by atomic mass is 9.83. The van der Waals surface area contributed by atoms with Crippen molar-refractivity contribution in [3.05, 3.63) is 35.4 Å². The summed E-state index contributed by atoms with van der Waals surface area (Å²) < 4.78 is 37.9. The predicted molar refractivity (Wildman–Crippen MR) is 73.8 cm³/mol. The van der Waals surface area contributed by atoms with Gasteiger partial charge in [0.25, 0.3) is 0 Å². The zero-order chi connectivity index (χ0) is 14.7. The van der Waals surface area contributed by atoms with Crippen LogP contribution < -0.4 is 11.1 Å². The van der Waals surface area contributed by atoms with Crippen LogP contribution >= 0.6 is 12.4 Å². The van der Waals surface area contributed by atoms with Crippen molar-refractivity contribution in [2.75, 3.05) is 13.1 Å². The second-order valence-corrected chi connectivity index (χ2v) is 4.94. The van der Waals surface area contributed by atoms with E-state index in [0.717, 1.165) is 12.1 Å². The molecule has 0 saturated heterocycles. The summed E-state index contributed by atoms with van der Waals surface area (Å²) >= 11 is 0. The molecule has 114 valence electrons. The van der Waals surface area contributed by atoms with Gasteiger partial charge >= 0.3 is 6.18 Å². The number of amides is 1.